The van der Waals surface area contributed by atoms with Crippen molar-refractivity contribution in [3.8, 4) is 6.07 Å². The number of aliphatic carboxylic acids is 1. The van der Waals surface area contributed by atoms with E-state index in [2.05, 4.69) is 5.32 Å². The molecular formula is C14H15F3N2O2. The highest BCUT2D eigenvalue weighted by Crippen LogP contribution is 2.33. The van der Waals surface area contributed by atoms with Gasteiger partial charge < -0.3 is 10.4 Å². The Bertz CT molecular complexity index is 562. The van der Waals surface area contributed by atoms with Gasteiger partial charge >= 0.3 is 12.1 Å². The number of carboxylic acid groups (broad SMARTS) is 1. The highest BCUT2D eigenvalue weighted by molar-refractivity contribution is 5.77. The number of halogens is 3. The molecule has 0 saturated heterocycles. The van der Waals surface area contributed by atoms with Gasteiger partial charge in [-0.15, -0.1) is 0 Å². The van der Waals surface area contributed by atoms with Crippen LogP contribution in [0.5, 0.6) is 0 Å². The van der Waals surface area contributed by atoms with E-state index >= 15 is 0 Å². The highest BCUT2D eigenvalue weighted by Gasteiger charge is 2.33. The molecule has 0 aliphatic heterocycles. The fraction of sp³-hybridized carbons (Fsp3) is 0.429. The van der Waals surface area contributed by atoms with Crippen molar-refractivity contribution in [2.45, 2.75) is 32.5 Å². The monoisotopic (exact) mass is 300 g/mol. The van der Waals surface area contributed by atoms with Gasteiger partial charge in [0.15, 0.2) is 0 Å². The van der Waals surface area contributed by atoms with Gasteiger partial charge in [0.2, 0.25) is 0 Å². The van der Waals surface area contributed by atoms with Crippen LogP contribution in [-0.2, 0) is 11.0 Å². The molecule has 0 aliphatic carbocycles. The first-order chi connectivity index (χ1) is 9.65. The quantitative estimate of drug-likeness (QED) is 0.873. The Morgan fingerprint density at radius 3 is 2.48 bits per heavy atom. The summed E-state index contributed by atoms with van der Waals surface area (Å²) in [5, 5.41) is 20.5. The normalized spacial score (nSPS) is 12.8. The first-order valence-corrected chi connectivity index (χ1v) is 6.25. The van der Waals surface area contributed by atoms with E-state index in [1.54, 1.807) is 0 Å². The molecule has 0 aromatic heterocycles. The summed E-state index contributed by atoms with van der Waals surface area (Å²) in [4.78, 5) is 11.1. The van der Waals surface area contributed by atoms with Gasteiger partial charge in [0.05, 0.1) is 17.2 Å². The minimum Gasteiger partial charge on any atom is -0.480 e. The number of benzene rings is 1. The number of carbonyl (C=O) groups is 1. The zero-order valence-electron chi connectivity index (χ0n) is 11.5. The Morgan fingerprint density at radius 2 is 2.05 bits per heavy atom. The molecule has 1 rings (SSSR count). The Kier molecular flexibility index (Phi) is 5.19. The van der Waals surface area contributed by atoms with E-state index in [9.17, 15) is 18.0 Å². The fourth-order valence-corrected chi connectivity index (χ4v) is 1.87. The van der Waals surface area contributed by atoms with Gasteiger partial charge in [-0.2, -0.15) is 18.4 Å². The summed E-state index contributed by atoms with van der Waals surface area (Å²) in [6, 6.07) is 3.47. The van der Waals surface area contributed by atoms with Crippen molar-refractivity contribution in [3.05, 3.63) is 29.3 Å². The van der Waals surface area contributed by atoms with Crippen molar-refractivity contribution in [2.24, 2.45) is 5.92 Å². The van der Waals surface area contributed by atoms with Crippen LogP contribution in [0, 0.1) is 17.2 Å². The lowest BCUT2D eigenvalue weighted by Crippen LogP contribution is -2.30. The highest BCUT2D eigenvalue weighted by atomic mass is 19.4. The smallest absolute Gasteiger partial charge is 0.417 e. The molecule has 4 nitrogen and oxygen atoms in total. The maximum Gasteiger partial charge on any atom is 0.417 e. The Labute approximate surface area is 120 Å². The molecule has 0 aliphatic rings. The van der Waals surface area contributed by atoms with E-state index < -0.39 is 29.3 Å². The van der Waals surface area contributed by atoms with Crippen LogP contribution in [-0.4, -0.2) is 17.1 Å². The van der Waals surface area contributed by atoms with Gasteiger partial charge in [-0.1, -0.05) is 13.8 Å². The van der Waals surface area contributed by atoms with Gasteiger partial charge in [0.1, 0.15) is 6.04 Å². The van der Waals surface area contributed by atoms with Crippen LogP contribution in [0.4, 0.5) is 18.9 Å². The van der Waals surface area contributed by atoms with Crippen LogP contribution in [0.25, 0.3) is 0 Å². The Morgan fingerprint density at radius 1 is 1.43 bits per heavy atom. The van der Waals surface area contributed by atoms with E-state index in [1.807, 2.05) is 13.8 Å². The third kappa shape index (κ3) is 4.67. The van der Waals surface area contributed by atoms with Crippen LogP contribution in [0.2, 0.25) is 0 Å². The molecule has 1 unspecified atom stereocenters. The van der Waals surface area contributed by atoms with Crippen LogP contribution in [0.3, 0.4) is 0 Å². The second kappa shape index (κ2) is 6.48. The molecule has 114 valence electrons. The number of hydrogen-bond acceptors (Lipinski definition) is 3. The number of nitrogens with one attached hydrogen (secondary N) is 1. The van der Waals surface area contributed by atoms with Crippen molar-refractivity contribution < 1.29 is 23.1 Å². The largest absolute Gasteiger partial charge is 0.480 e. The van der Waals surface area contributed by atoms with Gasteiger partial charge in [0, 0.05) is 5.69 Å². The first-order valence-electron chi connectivity index (χ1n) is 6.25. The number of anilines is 1. The molecule has 21 heavy (non-hydrogen) atoms. The standard InChI is InChI=1S/C14H15F3N2O2/c1-8(2)5-12(13(20)21)19-10-3-4-11(14(15,16)17)9(6-10)7-18/h3-4,6,8,12,19H,5H2,1-2H3,(H,20,21). The number of hydrogen-bond donors (Lipinski definition) is 2. The number of nitriles is 1. The third-order valence-corrected chi connectivity index (χ3v) is 2.79. The minimum absolute atomic E-state index is 0.100. The van der Waals surface area contributed by atoms with Gasteiger partial charge in [0.25, 0.3) is 0 Å². The molecule has 0 radical (unpaired) electrons. The van der Waals surface area contributed by atoms with E-state index in [4.69, 9.17) is 10.4 Å². The van der Waals surface area contributed by atoms with E-state index in [0.717, 1.165) is 18.2 Å². The fourth-order valence-electron chi connectivity index (χ4n) is 1.87. The Hall–Kier alpha value is -2.23. The summed E-state index contributed by atoms with van der Waals surface area (Å²) in [5.41, 5.74) is -1.40. The van der Waals surface area contributed by atoms with Crippen LogP contribution < -0.4 is 5.32 Å². The second-order valence-corrected chi connectivity index (χ2v) is 5.03. The molecule has 7 heteroatoms. The number of nitrogens with zero attached hydrogens (tertiary/aromatic N) is 1. The molecule has 1 aromatic rings. The summed E-state index contributed by atoms with van der Waals surface area (Å²) in [5.74, 6) is -0.995. The van der Waals surface area contributed by atoms with Crippen molar-refractivity contribution in [3.63, 3.8) is 0 Å². The number of rotatable bonds is 5. The minimum atomic E-state index is -4.62. The van der Waals surface area contributed by atoms with Crippen LogP contribution in [0.1, 0.15) is 31.4 Å². The molecular weight excluding hydrogens is 285 g/mol. The average Bonchev–Trinajstić information content (AvgIpc) is 2.35. The summed E-state index contributed by atoms with van der Waals surface area (Å²) in [6.45, 7) is 3.68. The first kappa shape index (κ1) is 16.8. The van der Waals surface area contributed by atoms with Crippen LogP contribution in [0.15, 0.2) is 18.2 Å². The molecule has 1 atom stereocenters. The van der Waals surface area contributed by atoms with E-state index in [0.29, 0.717) is 6.42 Å². The third-order valence-electron chi connectivity index (χ3n) is 2.79. The van der Waals surface area contributed by atoms with Crippen molar-refractivity contribution in [1.29, 1.82) is 5.26 Å². The summed E-state index contributed by atoms with van der Waals surface area (Å²) < 4.78 is 38.0. The average molecular weight is 300 g/mol. The SMILES string of the molecule is CC(C)CC(Nc1ccc(C(F)(F)F)c(C#N)c1)C(=O)O. The lowest BCUT2D eigenvalue weighted by Gasteiger charge is -2.18. The molecule has 0 heterocycles. The zero-order valence-corrected chi connectivity index (χ0v) is 11.5. The zero-order chi connectivity index (χ0) is 16.2. The van der Waals surface area contributed by atoms with Crippen LogP contribution >= 0.6 is 0 Å². The lowest BCUT2D eigenvalue weighted by atomic mass is 10.0. The number of alkyl halides is 3. The molecule has 2 N–H and O–H groups in total. The Balaban J connectivity index is 3.05. The van der Waals surface area contributed by atoms with Gasteiger partial charge in [-0.25, -0.2) is 4.79 Å². The topological polar surface area (TPSA) is 73.1 Å². The predicted octanol–water partition coefficient (Wildman–Crippen LogP) is 3.49. The number of carboxylic acids is 1. The van der Waals surface area contributed by atoms with Crippen molar-refractivity contribution in [1.82, 2.24) is 0 Å². The van der Waals surface area contributed by atoms with Crippen molar-refractivity contribution in [2.75, 3.05) is 5.32 Å². The maximum absolute atomic E-state index is 12.7. The maximum atomic E-state index is 12.7. The molecule has 0 bridgehead atoms. The molecule has 1 aromatic carbocycles. The lowest BCUT2D eigenvalue weighted by molar-refractivity contribution is -0.139. The summed E-state index contributed by atoms with van der Waals surface area (Å²) in [7, 11) is 0. The van der Waals surface area contributed by atoms with Gasteiger partial charge in [-0.05, 0) is 30.5 Å². The molecule has 0 spiro atoms. The molecule has 0 fully saturated rings. The van der Waals surface area contributed by atoms with Crippen molar-refractivity contribution >= 4 is 11.7 Å². The molecule has 0 saturated carbocycles. The second-order valence-electron chi connectivity index (χ2n) is 5.03. The summed E-state index contributed by atoms with van der Waals surface area (Å²) >= 11 is 0. The molecule has 0 amide bonds. The predicted molar refractivity (Wildman–Crippen MR) is 70.7 cm³/mol. The van der Waals surface area contributed by atoms with E-state index in [-0.39, 0.29) is 11.6 Å². The summed E-state index contributed by atoms with van der Waals surface area (Å²) in [6.07, 6.45) is -4.30. The van der Waals surface area contributed by atoms with Gasteiger partial charge in [-0.3, -0.25) is 0 Å². The van der Waals surface area contributed by atoms with E-state index in [1.165, 1.54) is 6.07 Å².